The van der Waals surface area contributed by atoms with E-state index in [4.69, 9.17) is 4.74 Å². The second-order valence-corrected chi connectivity index (χ2v) is 3.86. The van der Waals surface area contributed by atoms with Crippen LogP contribution in [-0.4, -0.2) is 13.1 Å². The summed E-state index contributed by atoms with van der Waals surface area (Å²) in [6.45, 7) is -0.962. The van der Waals surface area contributed by atoms with Gasteiger partial charge in [0.1, 0.15) is 5.75 Å². The van der Waals surface area contributed by atoms with Crippen LogP contribution in [0.25, 0.3) is 0 Å². The highest BCUT2D eigenvalue weighted by Crippen LogP contribution is 2.15. The largest absolute Gasteiger partial charge is 0.509 e. The predicted octanol–water partition coefficient (Wildman–Crippen LogP) is 3.31. The van der Waals surface area contributed by atoms with Crippen molar-refractivity contribution in [2.24, 2.45) is 0 Å². The van der Waals surface area contributed by atoms with Crippen LogP contribution in [-0.2, 0) is 0 Å². The summed E-state index contributed by atoms with van der Waals surface area (Å²) in [7, 11) is 0. The normalized spacial score (nSPS) is 13.6. The zero-order valence-electron chi connectivity index (χ0n) is 9.42. The Bertz CT molecular complexity index is 321. The molecule has 0 saturated heterocycles. The van der Waals surface area contributed by atoms with Gasteiger partial charge in [-0.05, 0) is 25.5 Å². The molecule has 0 spiro atoms. The van der Waals surface area contributed by atoms with Crippen molar-refractivity contribution >= 4 is 12.4 Å². The zero-order valence-corrected chi connectivity index (χ0v) is 9.42. The maximum Gasteiger partial charge on any atom is 0.509 e. The van der Waals surface area contributed by atoms with Gasteiger partial charge in [-0.1, -0.05) is 25.5 Å². The second-order valence-electron chi connectivity index (χ2n) is 3.86. The molecule has 16 heavy (non-hydrogen) atoms. The van der Waals surface area contributed by atoms with Gasteiger partial charge in [0.2, 0.25) is 0 Å². The van der Waals surface area contributed by atoms with Crippen molar-refractivity contribution < 1.29 is 17.7 Å². The lowest BCUT2D eigenvalue weighted by molar-refractivity contribution is 0.210. The summed E-state index contributed by atoms with van der Waals surface area (Å²) in [6.07, 6.45) is 1.92. The van der Waals surface area contributed by atoms with E-state index in [-0.39, 0.29) is 6.10 Å². The Morgan fingerprint density at radius 2 is 1.75 bits per heavy atom. The minimum absolute atomic E-state index is 0.0345. The first-order valence-corrected chi connectivity index (χ1v) is 5.40. The van der Waals surface area contributed by atoms with Crippen LogP contribution in [0.3, 0.4) is 0 Å². The molecule has 0 aliphatic carbocycles. The summed E-state index contributed by atoms with van der Waals surface area (Å²) in [5.41, 5.74) is -0.588. The average Bonchev–Trinajstić information content (AvgIpc) is 2.17. The van der Waals surface area contributed by atoms with Gasteiger partial charge in [-0.25, -0.2) is 0 Å². The lowest BCUT2D eigenvalue weighted by atomic mass is 9.80. The smallest absolute Gasteiger partial charge is 0.491 e. The first-order chi connectivity index (χ1) is 7.43. The van der Waals surface area contributed by atoms with Crippen LogP contribution in [0, 0.1) is 0 Å². The highest BCUT2D eigenvalue weighted by atomic mass is 19.4. The van der Waals surface area contributed by atoms with Crippen molar-refractivity contribution in [3.63, 3.8) is 0 Å². The van der Waals surface area contributed by atoms with Crippen molar-refractivity contribution in [2.45, 2.75) is 32.8 Å². The highest BCUT2D eigenvalue weighted by molar-refractivity contribution is 6.73. The summed E-state index contributed by atoms with van der Waals surface area (Å²) < 4.78 is 42.4. The summed E-state index contributed by atoms with van der Waals surface area (Å²) in [6, 6.07) is 4.87. The standard InChI is InChI=1S/C11H15BF3O/c1-3-4-9(2)16-11-7-5-10(6-8-11)12(13,14)15/h5-9H,3-4H2,1-2H3/q-1. The number of ether oxygens (including phenoxy) is 1. The van der Waals surface area contributed by atoms with Crippen LogP contribution in [0.2, 0.25) is 0 Å². The quantitative estimate of drug-likeness (QED) is 0.706. The van der Waals surface area contributed by atoms with Gasteiger partial charge >= 0.3 is 6.98 Å². The fraction of sp³-hybridized carbons (Fsp3) is 0.455. The molecule has 1 nitrogen and oxygen atoms in total. The lowest BCUT2D eigenvalue weighted by Gasteiger charge is -2.17. The van der Waals surface area contributed by atoms with Gasteiger partial charge in [0, 0.05) is 0 Å². The first kappa shape index (κ1) is 12.9. The molecular weight excluding hydrogens is 216 g/mol. The molecule has 1 aromatic carbocycles. The molecule has 0 saturated carbocycles. The number of hydrogen-bond donors (Lipinski definition) is 0. The van der Waals surface area contributed by atoms with Gasteiger partial charge in [0.15, 0.2) is 0 Å². The molecule has 0 heterocycles. The van der Waals surface area contributed by atoms with Crippen molar-refractivity contribution in [1.82, 2.24) is 0 Å². The molecule has 1 unspecified atom stereocenters. The van der Waals surface area contributed by atoms with Gasteiger partial charge in [-0.3, -0.25) is 0 Å². The van der Waals surface area contributed by atoms with Gasteiger partial charge in [0.25, 0.3) is 0 Å². The average molecular weight is 231 g/mol. The Balaban J connectivity index is 2.65. The topological polar surface area (TPSA) is 9.23 Å². The maximum atomic E-state index is 12.3. The third kappa shape index (κ3) is 3.79. The maximum absolute atomic E-state index is 12.3. The summed E-state index contributed by atoms with van der Waals surface area (Å²) in [4.78, 5) is 0. The van der Waals surface area contributed by atoms with E-state index < -0.39 is 12.4 Å². The Labute approximate surface area is 93.7 Å². The molecule has 1 rings (SSSR count). The van der Waals surface area contributed by atoms with E-state index in [0.717, 1.165) is 25.0 Å². The number of hydrogen-bond acceptors (Lipinski definition) is 1. The minimum atomic E-state index is -4.91. The second kappa shape index (κ2) is 5.28. The van der Waals surface area contributed by atoms with E-state index >= 15 is 0 Å². The summed E-state index contributed by atoms with van der Waals surface area (Å²) >= 11 is 0. The molecule has 0 N–H and O–H groups in total. The lowest BCUT2D eigenvalue weighted by Crippen LogP contribution is -2.33. The Morgan fingerprint density at radius 1 is 1.19 bits per heavy atom. The predicted molar refractivity (Wildman–Crippen MR) is 60.2 cm³/mol. The van der Waals surface area contributed by atoms with Gasteiger partial charge in [-0.15, -0.1) is 5.46 Å². The first-order valence-electron chi connectivity index (χ1n) is 5.40. The van der Waals surface area contributed by atoms with Crippen molar-refractivity contribution in [3.8, 4) is 5.75 Å². The molecule has 1 aromatic rings. The van der Waals surface area contributed by atoms with Crippen LogP contribution in [0.15, 0.2) is 24.3 Å². The fourth-order valence-electron chi connectivity index (χ4n) is 1.46. The third-order valence-corrected chi connectivity index (χ3v) is 2.29. The summed E-state index contributed by atoms with van der Waals surface area (Å²) in [5, 5.41) is 0. The van der Waals surface area contributed by atoms with E-state index in [1.54, 1.807) is 0 Å². The van der Waals surface area contributed by atoms with Gasteiger partial charge < -0.3 is 17.7 Å². The molecule has 5 heteroatoms. The minimum Gasteiger partial charge on any atom is -0.491 e. The van der Waals surface area contributed by atoms with Crippen molar-refractivity contribution in [3.05, 3.63) is 24.3 Å². The molecular formula is C11H15BF3O-. The molecule has 0 bridgehead atoms. The number of benzene rings is 1. The van der Waals surface area contributed by atoms with E-state index in [2.05, 4.69) is 0 Å². The zero-order chi connectivity index (χ0) is 12.2. The molecule has 0 radical (unpaired) electrons. The molecule has 0 aromatic heterocycles. The van der Waals surface area contributed by atoms with Gasteiger partial charge in [-0.2, -0.15) is 0 Å². The Morgan fingerprint density at radius 3 is 2.19 bits per heavy atom. The Kier molecular flexibility index (Phi) is 4.27. The number of rotatable bonds is 5. The highest BCUT2D eigenvalue weighted by Gasteiger charge is 2.25. The molecule has 0 fully saturated rings. The van der Waals surface area contributed by atoms with Crippen LogP contribution in [0.5, 0.6) is 5.75 Å². The van der Waals surface area contributed by atoms with E-state index in [1.165, 1.54) is 12.1 Å². The van der Waals surface area contributed by atoms with Crippen LogP contribution in [0.1, 0.15) is 26.7 Å². The van der Waals surface area contributed by atoms with E-state index in [9.17, 15) is 12.9 Å². The monoisotopic (exact) mass is 231 g/mol. The molecule has 0 amide bonds. The molecule has 90 valence electrons. The summed E-state index contributed by atoms with van der Waals surface area (Å²) in [5.74, 6) is 0.491. The van der Waals surface area contributed by atoms with Crippen LogP contribution >= 0.6 is 0 Å². The third-order valence-electron chi connectivity index (χ3n) is 2.29. The molecule has 1 atom stereocenters. The SMILES string of the molecule is CCCC(C)Oc1ccc([B-](F)(F)F)cc1. The Hall–Kier alpha value is -1.13. The van der Waals surface area contributed by atoms with E-state index in [0.29, 0.717) is 5.75 Å². The van der Waals surface area contributed by atoms with Crippen LogP contribution < -0.4 is 10.2 Å². The van der Waals surface area contributed by atoms with Crippen molar-refractivity contribution in [1.29, 1.82) is 0 Å². The molecule has 0 aliphatic rings. The molecule has 0 aliphatic heterocycles. The van der Waals surface area contributed by atoms with Crippen molar-refractivity contribution in [2.75, 3.05) is 0 Å². The van der Waals surface area contributed by atoms with Gasteiger partial charge in [0.05, 0.1) is 6.10 Å². The van der Waals surface area contributed by atoms with Crippen LogP contribution in [0.4, 0.5) is 12.9 Å². The fourth-order valence-corrected chi connectivity index (χ4v) is 1.46. The van der Waals surface area contributed by atoms with E-state index in [1.807, 2.05) is 13.8 Å². The number of halogens is 3.